The normalized spacial score (nSPS) is 14.8. The van der Waals surface area contributed by atoms with Crippen LogP contribution in [0.4, 0.5) is 4.39 Å². The Morgan fingerprint density at radius 1 is 1.39 bits per heavy atom. The van der Waals surface area contributed by atoms with Crippen molar-refractivity contribution in [3.05, 3.63) is 35.1 Å². The maximum Gasteiger partial charge on any atom is 0.126 e. The van der Waals surface area contributed by atoms with E-state index < -0.39 is 0 Å². The molecule has 0 saturated carbocycles. The third-order valence-electron chi connectivity index (χ3n) is 3.76. The lowest BCUT2D eigenvalue weighted by Crippen LogP contribution is -2.31. The zero-order valence-corrected chi connectivity index (χ0v) is 11.9. The van der Waals surface area contributed by atoms with Crippen LogP contribution in [0.1, 0.15) is 43.9 Å². The molecule has 1 rings (SSSR count). The van der Waals surface area contributed by atoms with E-state index in [1.165, 1.54) is 0 Å². The largest absolute Gasteiger partial charge is 0.324 e. The number of nitrogens with zero attached hydrogens (tertiary/aromatic N) is 1. The molecule has 0 aliphatic heterocycles. The van der Waals surface area contributed by atoms with Gasteiger partial charge in [-0.15, -0.1) is 0 Å². The quantitative estimate of drug-likeness (QED) is 0.842. The second-order valence-corrected chi connectivity index (χ2v) is 5.14. The predicted octanol–water partition coefficient (Wildman–Crippen LogP) is 3.25. The molecular weight excluding hydrogens is 227 g/mol. The first-order chi connectivity index (χ1) is 8.45. The molecule has 0 radical (unpaired) electrons. The van der Waals surface area contributed by atoms with Crippen molar-refractivity contribution in [1.29, 1.82) is 0 Å². The fourth-order valence-corrected chi connectivity index (χ4v) is 1.88. The molecule has 3 heteroatoms. The van der Waals surface area contributed by atoms with Crippen molar-refractivity contribution >= 4 is 0 Å². The van der Waals surface area contributed by atoms with E-state index in [4.69, 9.17) is 5.73 Å². The maximum absolute atomic E-state index is 13.5. The average molecular weight is 252 g/mol. The van der Waals surface area contributed by atoms with Gasteiger partial charge in [-0.25, -0.2) is 4.39 Å². The fraction of sp³-hybridized carbons (Fsp3) is 0.600. The second-order valence-electron chi connectivity index (χ2n) is 5.14. The van der Waals surface area contributed by atoms with E-state index >= 15 is 0 Å². The van der Waals surface area contributed by atoms with Gasteiger partial charge in [-0.2, -0.15) is 0 Å². The van der Waals surface area contributed by atoms with Crippen molar-refractivity contribution in [2.75, 3.05) is 13.6 Å². The molecular formula is C15H25FN2. The first-order valence-corrected chi connectivity index (χ1v) is 6.67. The summed E-state index contributed by atoms with van der Waals surface area (Å²) < 4.78 is 13.5. The smallest absolute Gasteiger partial charge is 0.126 e. The molecule has 18 heavy (non-hydrogen) atoms. The molecule has 2 nitrogen and oxygen atoms in total. The van der Waals surface area contributed by atoms with Crippen LogP contribution in [0.3, 0.4) is 0 Å². The molecule has 0 aliphatic carbocycles. The Balaban J connectivity index is 2.54. The highest BCUT2D eigenvalue weighted by Gasteiger charge is 2.11. The van der Waals surface area contributed by atoms with E-state index in [1.54, 1.807) is 19.1 Å². The van der Waals surface area contributed by atoms with Gasteiger partial charge in [0.2, 0.25) is 0 Å². The molecule has 1 aromatic carbocycles. The van der Waals surface area contributed by atoms with Crippen molar-refractivity contribution in [3.8, 4) is 0 Å². The Hall–Kier alpha value is -0.930. The molecule has 102 valence electrons. The summed E-state index contributed by atoms with van der Waals surface area (Å²) in [5.41, 5.74) is 7.66. The summed E-state index contributed by atoms with van der Waals surface area (Å²) in [5, 5.41) is 0. The minimum absolute atomic E-state index is 0.0911. The van der Waals surface area contributed by atoms with Gasteiger partial charge in [-0.3, -0.25) is 0 Å². The van der Waals surface area contributed by atoms with Gasteiger partial charge in [0, 0.05) is 12.1 Å². The zero-order valence-electron chi connectivity index (χ0n) is 11.9. The van der Waals surface area contributed by atoms with Crippen molar-refractivity contribution < 1.29 is 4.39 Å². The van der Waals surface area contributed by atoms with Crippen LogP contribution < -0.4 is 5.73 Å². The summed E-state index contributed by atoms with van der Waals surface area (Å²) in [4.78, 5) is 2.30. The number of rotatable bonds is 6. The number of nitrogens with two attached hydrogens (primary N) is 1. The van der Waals surface area contributed by atoms with Crippen LogP contribution in [-0.4, -0.2) is 24.5 Å². The van der Waals surface area contributed by atoms with Crippen molar-refractivity contribution in [3.63, 3.8) is 0 Å². The standard InChI is InChI=1S/C15H25FN2/c1-5-12(3)18(4)9-8-15(17)13-7-6-11(2)14(16)10-13/h6-7,10,12,15H,5,8-9,17H2,1-4H3. The summed E-state index contributed by atoms with van der Waals surface area (Å²) >= 11 is 0. The lowest BCUT2D eigenvalue weighted by atomic mass is 10.0. The fourth-order valence-electron chi connectivity index (χ4n) is 1.88. The van der Waals surface area contributed by atoms with E-state index in [1.807, 2.05) is 6.07 Å². The molecule has 0 aromatic heterocycles. The van der Waals surface area contributed by atoms with Crippen LogP contribution in [0.15, 0.2) is 18.2 Å². The van der Waals surface area contributed by atoms with Crippen LogP contribution in [0.25, 0.3) is 0 Å². The van der Waals surface area contributed by atoms with Crippen LogP contribution >= 0.6 is 0 Å². The predicted molar refractivity (Wildman–Crippen MR) is 75.1 cm³/mol. The number of aryl methyl sites for hydroxylation is 1. The number of hydrogen-bond donors (Lipinski definition) is 1. The van der Waals surface area contributed by atoms with Crippen LogP contribution in [0.2, 0.25) is 0 Å². The summed E-state index contributed by atoms with van der Waals surface area (Å²) in [7, 11) is 2.11. The first-order valence-electron chi connectivity index (χ1n) is 6.67. The first kappa shape index (κ1) is 15.1. The van der Waals surface area contributed by atoms with Gasteiger partial charge in [-0.1, -0.05) is 19.1 Å². The molecule has 0 amide bonds. The van der Waals surface area contributed by atoms with Gasteiger partial charge in [-0.05, 0) is 57.5 Å². The van der Waals surface area contributed by atoms with E-state index in [0.717, 1.165) is 24.9 Å². The van der Waals surface area contributed by atoms with Crippen LogP contribution in [-0.2, 0) is 0 Å². The minimum Gasteiger partial charge on any atom is -0.324 e. The third-order valence-corrected chi connectivity index (χ3v) is 3.76. The molecule has 0 heterocycles. The molecule has 0 spiro atoms. The zero-order chi connectivity index (χ0) is 13.7. The highest BCUT2D eigenvalue weighted by atomic mass is 19.1. The van der Waals surface area contributed by atoms with E-state index in [-0.39, 0.29) is 11.9 Å². The van der Waals surface area contributed by atoms with Crippen LogP contribution in [0, 0.1) is 12.7 Å². The molecule has 2 atom stereocenters. The Morgan fingerprint density at radius 3 is 2.61 bits per heavy atom. The van der Waals surface area contributed by atoms with Gasteiger partial charge in [0.1, 0.15) is 5.82 Å². The van der Waals surface area contributed by atoms with E-state index in [2.05, 4.69) is 25.8 Å². The lowest BCUT2D eigenvalue weighted by Gasteiger charge is -2.25. The third kappa shape index (κ3) is 4.07. The number of benzene rings is 1. The summed E-state index contributed by atoms with van der Waals surface area (Å²) in [6, 6.07) is 5.75. The minimum atomic E-state index is -0.168. The van der Waals surface area contributed by atoms with Gasteiger partial charge in [0.05, 0.1) is 0 Å². The SMILES string of the molecule is CCC(C)N(C)CCC(N)c1ccc(C)c(F)c1. The summed E-state index contributed by atoms with van der Waals surface area (Å²) in [5.74, 6) is -0.168. The molecule has 2 N–H and O–H groups in total. The van der Waals surface area contributed by atoms with Crippen molar-refractivity contribution in [2.24, 2.45) is 5.73 Å². The Bertz CT molecular complexity index is 379. The molecule has 0 aliphatic rings. The van der Waals surface area contributed by atoms with Crippen molar-refractivity contribution in [2.45, 2.75) is 45.7 Å². The molecule has 0 fully saturated rings. The number of hydrogen-bond acceptors (Lipinski definition) is 2. The highest BCUT2D eigenvalue weighted by Crippen LogP contribution is 2.18. The van der Waals surface area contributed by atoms with Gasteiger partial charge in [0.15, 0.2) is 0 Å². The topological polar surface area (TPSA) is 29.3 Å². The summed E-state index contributed by atoms with van der Waals surface area (Å²) in [6.45, 7) is 7.08. The second kappa shape index (κ2) is 6.86. The Labute approximate surface area is 110 Å². The number of halogens is 1. The average Bonchev–Trinajstić information content (AvgIpc) is 2.37. The van der Waals surface area contributed by atoms with Crippen LogP contribution in [0.5, 0.6) is 0 Å². The molecule has 2 unspecified atom stereocenters. The Kier molecular flexibility index (Phi) is 5.76. The van der Waals surface area contributed by atoms with E-state index in [9.17, 15) is 4.39 Å². The summed E-state index contributed by atoms with van der Waals surface area (Å²) in [6.07, 6.45) is 1.98. The highest BCUT2D eigenvalue weighted by molar-refractivity contribution is 5.25. The molecule has 0 saturated heterocycles. The monoisotopic (exact) mass is 252 g/mol. The Morgan fingerprint density at radius 2 is 2.06 bits per heavy atom. The molecule has 0 bridgehead atoms. The van der Waals surface area contributed by atoms with Crippen molar-refractivity contribution in [1.82, 2.24) is 4.90 Å². The van der Waals surface area contributed by atoms with Gasteiger partial charge in [0.25, 0.3) is 0 Å². The van der Waals surface area contributed by atoms with E-state index in [0.29, 0.717) is 11.6 Å². The lowest BCUT2D eigenvalue weighted by molar-refractivity contribution is 0.243. The maximum atomic E-state index is 13.5. The van der Waals surface area contributed by atoms with Gasteiger partial charge < -0.3 is 10.6 Å². The molecule has 1 aromatic rings. The van der Waals surface area contributed by atoms with Gasteiger partial charge >= 0.3 is 0 Å².